The largest absolute Gasteiger partial charge is 0.478 e. The molecule has 0 aliphatic rings. The highest BCUT2D eigenvalue weighted by Gasteiger charge is 2.15. The van der Waals surface area contributed by atoms with Crippen molar-refractivity contribution in [1.82, 2.24) is 10.2 Å². The first-order valence-electron chi connectivity index (χ1n) is 7.85. The molecule has 0 unspecified atom stereocenters. The van der Waals surface area contributed by atoms with E-state index in [9.17, 15) is 9.59 Å². The van der Waals surface area contributed by atoms with E-state index < -0.39 is 5.97 Å². The van der Waals surface area contributed by atoms with Gasteiger partial charge in [0.15, 0.2) is 5.01 Å². The van der Waals surface area contributed by atoms with Crippen molar-refractivity contribution in [3.05, 3.63) is 75.2 Å². The Bertz CT molecular complexity index is 1010. The average Bonchev–Trinajstić information content (AvgIpc) is 3.14. The molecule has 1 aromatic heterocycles. The lowest BCUT2D eigenvalue weighted by atomic mass is 10.1. The minimum atomic E-state index is -0.995. The number of hydrogen-bond donors (Lipinski definition) is 2. The molecule has 1 heterocycles. The van der Waals surface area contributed by atoms with E-state index in [0.717, 1.165) is 16.9 Å². The molecule has 0 radical (unpaired) electrons. The van der Waals surface area contributed by atoms with Crippen LogP contribution < -0.4 is 5.32 Å². The van der Waals surface area contributed by atoms with E-state index in [2.05, 4.69) is 15.5 Å². The predicted molar refractivity (Wildman–Crippen MR) is 106 cm³/mol. The van der Waals surface area contributed by atoms with E-state index in [1.807, 2.05) is 31.2 Å². The van der Waals surface area contributed by atoms with Crippen LogP contribution in [0.3, 0.4) is 0 Å². The zero-order valence-corrected chi connectivity index (χ0v) is 15.7. The first-order chi connectivity index (χ1) is 12.9. The highest BCUT2D eigenvalue weighted by atomic mass is 35.5. The van der Waals surface area contributed by atoms with E-state index in [0.29, 0.717) is 21.3 Å². The summed E-state index contributed by atoms with van der Waals surface area (Å²) in [6.07, 6.45) is 1.63. The summed E-state index contributed by atoms with van der Waals surface area (Å²) in [5.41, 5.74) is 2.67. The van der Waals surface area contributed by atoms with Crippen molar-refractivity contribution < 1.29 is 14.7 Å². The van der Waals surface area contributed by atoms with Crippen LogP contribution in [0, 0.1) is 6.92 Å². The Morgan fingerprint density at radius 2 is 1.67 bits per heavy atom. The SMILES string of the molecule is Cc1ccc(NC(=O)c2nnc(/C(Cl)=C/c3ccc(C(=O)O)cc3)s2)cc1. The van der Waals surface area contributed by atoms with Gasteiger partial charge in [-0.3, -0.25) is 4.79 Å². The number of carboxylic acids is 1. The molecule has 0 saturated carbocycles. The third kappa shape index (κ3) is 4.78. The number of rotatable bonds is 5. The summed E-state index contributed by atoms with van der Waals surface area (Å²) in [5, 5.41) is 20.4. The van der Waals surface area contributed by atoms with Gasteiger partial charge in [0.1, 0.15) is 0 Å². The van der Waals surface area contributed by atoms with Gasteiger partial charge in [0, 0.05) is 5.69 Å². The van der Waals surface area contributed by atoms with E-state index in [4.69, 9.17) is 16.7 Å². The number of hydrogen-bond acceptors (Lipinski definition) is 5. The van der Waals surface area contributed by atoms with Crippen molar-refractivity contribution in [3.8, 4) is 0 Å². The molecule has 3 aromatic rings. The van der Waals surface area contributed by atoms with Crippen LogP contribution in [-0.2, 0) is 0 Å². The Labute approximate surface area is 164 Å². The molecule has 8 heteroatoms. The molecule has 0 saturated heterocycles. The highest BCUT2D eigenvalue weighted by molar-refractivity contribution is 7.15. The van der Waals surface area contributed by atoms with Crippen LogP contribution in [0.4, 0.5) is 5.69 Å². The van der Waals surface area contributed by atoms with E-state index in [1.165, 1.54) is 12.1 Å². The number of anilines is 1. The van der Waals surface area contributed by atoms with Crippen molar-refractivity contribution in [2.45, 2.75) is 6.92 Å². The fourth-order valence-corrected chi connectivity index (χ4v) is 3.09. The zero-order chi connectivity index (χ0) is 19.4. The van der Waals surface area contributed by atoms with Crippen LogP contribution in [-0.4, -0.2) is 27.2 Å². The molecule has 136 valence electrons. The van der Waals surface area contributed by atoms with Crippen LogP contribution >= 0.6 is 22.9 Å². The lowest BCUT2D eigenvalue weighted by Gasteiger charge is -2.02. The topological polar surface area (TPSA) is 92.2 Å². The summed E-state index contributed by atoms with van der Waals surface area (Å²) in [7, 11) is 0. The third-order valence-corrected chi connectivity index (χ3v) is 4.94. The van der Waals surface area contributed by atoms with Gasteiger partial charge in [0.25, 0.3) is 5.91 Å². The number of aryl methyl sites for hydroxylation is 1. The first kappa shape index (κ1) is 18.8. The molecule has 0 atom stereocenters. The Morgan fingerprint density at radius 3 is 2.30 bits per heavy atom. The summed E-state index contributed by atoms with van der Waals surface area (Å²) < 4.78 is 0. The number of benzene rings is 2. The highest BCUT2D eigenvalue weighted by Crippen LogP contribution is 2.26. The van der Waals surface area contributed by atoms with Crippen LogP contribution in [0.25, 0.3) is 11.1 Å². The Hall–Kier alpha value is -3.03. The van der Waals surface area contributed by atoms with Crippen LogP contribution in [0.15, 0.2) is 48.5 Å². The van der Waals surface area contributed by atoms with Crippen molar-refractivity contribution in [2.75, 3.05) is 5.32 Å². The number of nitrogens with one attached hydrogen (secondary N) is 1. The summed E-state index contributed by atoms with van der Waals surface area (Å²) in [6.45, 7) is 1.96. The molecular weight excluding hydrogens is 386 g/mol. The summed E-state index contributed by atoms with van der Waals surface area (Å²) in [4.78, 5) is 23.1. The average molecular weight is 400 g/mol. The molecule has 0 bridgehead atoms. The number of aromatic carboxylic acids is 1. The molecule has 3 rings (SSSR count). The minimum Gasteiger partial charge on any atom is -0.478 e. The van der Waals surface area contributed by atoms with Gasteiger partial charge in [0.2, 0.25) is 5.01 Å². The lowest BCUT2D eigenvalue weighted by Crippen LogP contribution is -2.11. The Morgan fingerprint density at radius 1 is 1.04 bits per heavy atom. The van der Waals surface area contributed by atoms with Gasteiger partial charge < -0.3 is 10.4 Å². The van der Waals surface area contributed by atoms with Crippen LogP contribution in [0.2, 0.25) is 0 Å². The zero-order valence-electron chi connectivity index (χ0n) is 14.1. The molecule has 0 aliphatic carbocycles. The molecule has 0 aliphatic heterocycles. The monoisotopic (exact) mass is 399 g/mol. The first-order valence-corrected chi connectivity index (χ1v) is 9.04. The van der Waals surface area contributed by atoms with Gasteiger partial charge in [0.05, 0.1) is 10.6 Å². The van der Waals surface area contributed by atoms with Gasteiger partial charge in [-0.15, -0.1) is 10.2 Å². The van der Waals surface area contributed by atoms with Crippen LogP contribution in [0.1, 0.15) is 36.3 Å². The summed E-state index contributed by atoms with van der Waals surface area (Å²) >= 11 is 7.33. The second-order valence-electron chi connectivity index (χ2n) is 5.65. The Balaban J connectivity index is 1.72. The lowest BCUT2D eigenvalue weighted by molar-refractivity contribution is 0.0696. The standard InChI is InChI=1S/C19H14ClN3O3S/c1-11-2-8-14(9-3-11)21-16(24)18-23-22-17(27-18)15(20)10-12-4-6-13(7-5-12)19(25)26/h2-10H,1H3,(H,21,24)(H,25,26)/b15-10-. The summed E-state index contributed by atoms with van der Waals surface area (Å²) in [6, 6.07) is 13.7. The normalized spacial score (nSPS) is 11.3. The van der Waals surface area contributed by atoms with Crippen molar-refractivity contribution in [2.24, 2.45) is 0 Å². The maximum Gasteiger partial charge on any atom is 0.335 e. The number of halogens is 1. The molecule has 27 heavy (non-hydrogen) atoms. The molecular formula is C19H14ClN3O3S. The molecule has 2 aromatic carbocycles. The van der Waals surface area contributed by atoms with E-state index in [-0.39, 0.29) is 16.5 Å². The van der Waals surface area contributed by atoms with E-state index >= 15 is 0 Å². The minimum absolute atomic E-state index is 0.189. The van der Waals surface area contributed by atoms with Crippen molar-refractivity contribution >= 4 is 51.6 Å². The molecule has 0 spiro atoms. The quantitative estimate of drug-likeness (QED) is 0.657. The van der Waals surface area contributed by atoms with Crippen LogP contribution in [0.5, 0.6) is 0 Å². The van der Waals surface area contributed by atoms with E-state index in [1.54, 1.807) is 18.2 Å². The predicted octanol–water partition coefficient (Wildman–Crippen LogP) is 4.53. The fraction of sp³-hybridized carbons (Fsp3) is 0.0526. The number of carbonyl (C=O) groups excluding carboxylic acids is 1. The third-order valence-electron chi connectivity index (χ3n) is 3.58. The maximum atomic E-state index is 12.3. The number of aromatic nitrogens is 2. The molecule has 0 fully saturated rings. The molecule has 6 nitrogen and oxygen atoms in total. The fourth-order valence-electron chi connectivity index (χ4n) is 2.16. The van der Waals surface area contributed by atoms with Gasteiger partial charge in [-0.1, -0.05) is 52.8 Å². The summed E-state index contributed by atoms with van der Waals surface area (Å²) in [5.74, 6) is -1.36. The van der Waals surface area contributed by atoms with Crippen molar-refractivity contribution in [1.29, 1.82) is 0 Å². The van der Waals surface area contributed by atoms with Gasteiger partial charge >= 0.3 is 5.97 Å². The van der Waals surface area contributed by atoms with Gasteiger partial charge in [-0.05, 0) is 42.8 Å². The second-order valence-corrected chi connectivity index (χ2v) is 7.04. The molecule has 1 amide bonds. The number of carbonyl (C=O) groups is 2. The second kappa shape index (κ2) is 8.11. The Kier molecular flexibility index (Phi) is 5.63. The smallest absolute Gasteiger partial charge is 0.335 e. The maximum absolute atomic E-state index is 12.3. The number of amides is 1. The number of nitrogens with zero attached hydrogens (tertiary/aromatic N) is 2. The van der Waals surface area contributed by atoms with Crippen molar-refractivity contribution in [3.63, 3.8) is 0 Å². The van der Waals surface area contributed by atoms with Gasteiger partial charge in [-0.2, -0.15) is 0 Å². The van der Waals surface area contributed by atoms with Gasteiger partial charge in [-0.25, -0.2) is 4.79 Å². The molecule has 2 N–H and O–H groups in total. The number of carboxylic acid groups (broad SMARTS) is 1.